The van der Waals surface area contributed by atoms with E-state index in [9.17, 15) is 5.11 Å². The first-order chi connectivity index (χ1) is 8.29. The van der Waals surface area contributed by atoms with Crippen molar-refractivity contribution in [1.29, 1.82) is 0 Å². The molecule has 0 aromatic heterocycles. The summed E-state index contributed by atoms with van der Waals surface area (Å²) in [6.45, 7) is 3.44. The lowest BCUT2D eigenvalue weighted by molar-refractivity contribution is 0.0679. The van der Waals surface area contributed by atoms with Gasteiger partial charge >= 0.3 is 0 Å². The molecule has 1 heterocycles. The van der Waals surface area contributed by atoms with Gasteiger partial charge in [-0.1, -0.05) is 19.1 Å². The summed E-state index contributed by atoms with van der Waals surface area (Å²) in [6.07, 6.45) is 2.83. The number of rotatable bonds is 5. The van der Waals surface area contributed by atoms with Crippen molar-refractivity contribution in [2.45, 2.75) is 38.4 Å². The first-order valence-corrected chi connectivity index (χ1v) is 6.32. The highest BCUT2D eigenvalue weighted by atomic mass is 16.5. The summed E-state index contributed by atoms with van der Waals surface area (Å²) in [5.41, 5.74) is 0.942. The molecule has 0 aliphatic carbocycles. The van der Waals surface area contributed by atoms with Crippen LogP contribution in [0, 0.1) is 0 Å². The normalized spacial score (nSPS) is 21.4. The van der Waals surface area contributed by atoms with E-state index in [-0.39, 0.29) is 12.2 Å². The molecule has 94 valence electrons. The van der Waals surface area contributed by atoms with Crippen LogP contribution in [0.4, 0.5) is 0 Å². The van der Waals surface area contributed by atoms with Crippen LogP contribution in [-0.4, -0.2) is 24.4 Å². The van der Waals surface area contributed by atoms with E-state index >= 15 is 0 Å². The highest BCUT2D eigenvalue weighted by Crippen LogP contribution is 2.20. The first-order valence-electron chi connectivity index (χ1n) is 6.32. The minimum atomic E-state index is -0.373. The van der Waals surface area contributed by atoms with Crippen molar-refractivity contribution in [3.8, 4) is 5.75 Å². The molecule has 2 atom stereocenters. The van der Waals surface area contributed by atoms with Crippen LogP contribution in [0.3, 0.4) is 0 Å². The van der Waals surface area contributed by atoms with Crippen molar-refractivity contribution >= 4 is 0 Å². The summed E-state index contributed by atoms with van der Waals surface area (Å²) in [7, 11) is 0. The summed E-state index contributed by atoms with van der Waals surface area (Å²) >= 11 is 0. The highest BCUT2D eigenvalue weighted by molar-refractivity contribution is 5.28. The average Bonchev–Trinajstić information content (AvgIpc) is 2.89. The van der Waals surface area contributed by atoms with Gasteiger partial charge in [0.1, 0.15) is 12.4 Å². The molecule has 1 fully saturated rings. The predicted molar refractivity (Wildman–Crippen MR) is 66.2 cm³/mol. The van der Waals surface area contributed by atoms with Crippen LogP contribution in [0.1, 0.15) is 37.9 Å². The number of ether oxygens (including phenoxy) is 2. The van der Waals surface area contributed by atoms with Gasteiger partial charge < -0.3 is 14.6 Å². The molecule has 3 nitrogen and oxygen atoms in total. The van der Waals surface area contributed by atoms with Gasteiger partial charge in [0.15, 0.2) is 0 Å². The molecule has 1 saturated heterocycles. The quantitative estimate of drug-likeness (QED) is 0.854. The van der Waals surface area contributed by atoms with E-state index in [4.69, 9.17) is 9.47 Å². The Morgan fingerprint density at radius 1 is 1.41 bits per heavy atom. The third-order valence-electron chi connectivity index (χ3n) is 3.11. The van der Waals surface area contributed by atoms with Gasteiger partial charge in [-0.2, -0.15) is 0 Å². The molecule has 1 aliphatic heterocycles. The van der Waals surface area contributed by atoms with Crippen molar-refractivity contribution in [2.24, 2.45) is 0 Å². The zero-order chi connectivity index (χ0) is 12.1. The van der Waals surface area contributed by atoms with E-state index < -0.39 is 0 Å². The minimum absolute atomic E-state index is 0.246. The Labute approximate surface area is 102 Å². The Bertz CT molecular complexity index is 328. The van der Waals surface area contributed by atoms with E-state index in [1.807, 2.05) is 31.2 Å². The van der Waals surface area contributed by atoms with Crippen molar-refractivity contribution in [3.63, 3.8) is 0 Å². The molecule has 0 amide bonds. The van der Waals surface area contributed by atoms with Gasteiger partial charge in [0.05, 0.1) is 12.2 Å². The van der Waals surface area contributed by atoms with Gasteiger partial charge in [0.2, 0.25) is 0 Å². The van der Waals surface area contributed by atoms with Gasteiger partial charge in [-0.25, -0.2) is 0 Å². The molecule has 1 aromatic carbocycles. The largest absolute Gasteiger partial charge is 0.491 e. The van der Waals surface area contributed by atoms with E-state index in [1.165, 1.54) is 0 Å². The van der Waals surface area contributed by atoms with Crippen LogP contribution >= 0.6 is 0 Å². The van der Waals surface area contributed by atoms with Crippen LogP contribution in [0.15, 0.2) is 24.3 Å². The third kappa shape index (κ3) is 3.45. The van der Waals surface area contributed by atoms with E-state index in [0.717, 1.165) is 37.2 Å². The van der Waals surface area contributed by atoms with Gasteiger partial charge in [-0.05, 0) is 37.0 Å². The number of hydrogen-bond acceptors (Lipinski definition) is 3. The zero-order valence-electron chi connectivity index (χ0n) is 10.3. The molecule has 0 radical (unpaired) electrons. The Morgan fingerprint density at radius 2 is 2.18 bits per heavy atom. The van der Waals surface area contributed by atoms with Crippen molar-refractivity contribution in [1.82, 2.24) is 0 Å². The van der Waals surface area contributed by atoms with E-state index in [0.29, 0.717) is 6.61 Å². The molecule has 0 saturated carbocycles. The second kappa shape index (κ2) is 6.03. The molecule has 17 heavy (non-hydrogen) atoms. The minimum Gasteiger partial charge on any atom is -0.491 e. The molecule has 3 heteroatoms. The zero-order valence-corrected chi connectivity index (χ0v) is 10.3. The third-order valence-corrected chi connectivity index (χ3v) is 3.11. The Kier molecular flexibility index (Phi) is 4.40. The molecular formula is C14H20O3. The Morgan fingerprint density at radius 3 is 2.76 bits per heavy atom. The maximum atomic E-state index is 9.66. The molecular weight excluding hydrogens is 216 g/mol. The molecule has 1 N–H and O–H groups in total. The summed E-state index contributed by atoms with van der Waals surface area (Å²) in [4.78, 5) is 0. The molecule has 0 spiro atoms. The lowest BCUT2D eigenvalue weighted by Gasteiger charge is -2.12. The van der Waals surface area contributed by atoms with Gasteiger partial charge in [-0.3, -0.25) is 0 Å². The maximum Gasteiger partial charge on any atom is 0.119 e. The number of aliphatic hydroxyl groups is 1. The molecule has 1 aromatic rings. The smallest absolute Gasteiger partial charge is 0.119 e. The van der Waals surface area contributed by atoms with Crippen LogP contribution < -0.4 is 4.74 Å². The molecule has 2 rings (SSSR count). The topological polar surface area (TPSA) is 38.7 Å². The summed E-state index contributed by atoms with van der Waals surface area (Å²) in [6, 6.07) is 7.64. The van der Waals surface area contributed by atoms with Crippen LogP contribution in [0.25, 0.3) is 0 Å². The molecule has 1 unspecified atom stereocenters. The number of aliphatic hydroxyl groups excluding tert-OH is 1. The fourth-order valence-electron chi connectivity index (χ4n) is 1.99. The highest BCUT2D eigenvalue weighted by Gasteiger charge is 2.15. The SMILES string of the molecule is CC[C@@H](O)c1ccc(OCC2CCCO2)cc1. The Hall–Kier alpha value is -1.06. The summed E-state index contributed by atoms with van der Waals surface area (Å²) < 4.78 is 11.1. The fourth-order valence-corrected chi connectivity index (χ4v) is 1.99. The van der Waals surface area contributed by atoms with E-state index in [2.05, 4.69) is 0 Å². The van der Waals surface area contributed by atoms with E-state index in [1.54, 1.807) is 0 Å². The van der Waals surface area contributed by atoms with Crippen molar-refractivity contribution in [3.05, 3.63) is 29.8 Å². The van der Waals surface area contributed by atoms with Crippen molar-refractivity contribution in [2.75, 3.05) is 13.2 Å². The maximum absolute atomic E-state index is 9.66. The standard InChI is InChI=1S/C14H20O3/c1-2-14(15)11-5-7-12(8-6-11)17-10-13-4-3-9-16-13/h5-8,13-15H,2-4,9-10H2,1H3/t13?,14-/m1/s1. The van der Waals surface area contributed by atoms with Crippen LogP contribution in [-0.2, 0) is 4.74 Å². The molecule has 1 aliphatic rings. The van der Waals surface area contributed by atoms with Crippen LogP contribution in [0.5, 0.6) is 5.75 Å². The monoisotopic (exact) mass is 236 g/mol. The van der Waals surface area contributed by atoms with Gasteiger partial charge in [0, 0.05) is 6.61 Å². The lowest BCUT2D eigenvalue weighted by atomic mass is 10.1. The summed E-state index contributed by atoms with van der Waals surface area (Å²) in [5, 5.41) is 9.66. The predicted octanol–water partition coefficient (Wildman–Crippen LogP) is 2.69. The average molecular weight is 236 g/mol. The second-order valence-electron chi connectivity index (χ2n) is 4.44. The first kappa shape index (κ1) is 12.4. The number of benzene rings is 1. The lowest BCUT2D eigenvalue weighted by Crippen LogP contribution is -2.16. The van der Waals surface area contributed by atoms with Gasteiger partial charge in [0.25, 0.3) is 0 Å². The number of hydrogen-bond donors (Lipinski definition) is 1. The summed E-state index contributed by atoms with van der Waals surface area (Å²) in [5.74, 6) is 0.840. The Balaban J connectivity index is 1.84. The second-order valence-corrected chi connectivity index (χ2v) is 4.44. The van der Waals surface area contributed by atoms with Crippen molar-refractivity contribution < 1.29 is 14.6 Å². The van der Waals surface area contributed by atoms with Gasteiger partial charge in [-0.15, -0.1) is 0 Å². The fraction of sp³-hybridized carbons (Fsp3) is 0.571. The van der Waals surface area contributed by atoms with Crippen LogP contribution in [0.2, 0.25) is 0 Å². The molecule has 0 bridgehead atoms.